The second-order valence-corrected chi connectivity index (χ2v) is 5.97. The number of aromatic nitrogens is 1. The summed E-state index contributed by atoms with van der Waals surface area (Å²) in [5.74, 6) is -1.22. The summed E-state index contributed by atoms with van der Waals surface area (Å²) < 4.78 is 44.5. The molecule has 2 aromatic carbocycles. The SMILES string of the molecule is O=c1[nH]c2cc(S(=O)(=O)Nc3cccc(F)c3)ccc2o1. The molecule has 1 heterocycles. The average molecular weight is 308 g/mol. The number of aromatic amines is 1. The van der Waals surface area contributed by atoms with E-state index in [9.17, 15) is 17.6 Å². The molecule has 0 bridgehead atoms. The molecule has 1 aromatic heterocycles. The molecule has 0 amide bonds. The lowest BCUT2D eigenvalue weighted by Crippen LogP contribution is -2.13. The van der Waals surface area contributed by atoms with Crippen LogP contribution in [0.25, 0.3) is 11.1 Å². The second-order valence-electron chi connectivity index (χ2n) is 4.29. The quantitative estimate of drug-likeness (QED) is 0.774. The largest absolute Gasteiger partial charge is 0.417 e. The highest BCUT2D eigenvalue weighted by Gasteiger charge is 2.16. The van der Waals surface area contributed by atoms with Gasteiger partial charge in [0.2, 0.25) is 0 Å². The first kappa shape index (κ1) is 13.4. The van der Waals surface area contributed by atoms with Crippen molar-refractivity contribution in [3.05, 3.63) is 58.8 Å². The molecule has 6 nitrogen and oxygen atoms in total. The molecule has 0 aliphatic carbocycles. The van der Waals surface area contributed by atoms with Gasteiger partial charge >= 0.3 is 5.76 Å². The molecule has 3 rings (SSSR count). The molecule has 0 saturated heterocycles. The summed E-state index contributed by atoms with van der Waals surface area (Å²) in [5, 5.41) is 0. The van der Waals surface area contributed by atoms with E-state index in [1.165, 1.54) is 36.4 Å². The minimum atomic E-state index is -3.89. The molecule has 0 aliphatic heterocycles. The molecule has 21 heavy (non-hydrogen) atoms. The normalized spacial score (nSPS) is 11.7. The van der Waals surface area contributed by atoms with Crippen LogP contribution >= 0.6 is 0 Å². The Hall–Kier alpha value is -2.61. The summed E-state index contributed by atoms with van der Waals surface area (Å²) in [6.45, 7) is 0. The van der Waals surface area contributed by atoms with Gasteiger partial charge in [0.1, 0.15) is 5.82 Å². The van der Waals surface area contributed by atoms with Crippen molar-refractivity contribution in [1.82, 2.24) is 4.98 Å². The lowest BCUT2D eigenvalue weighted by Gasteiger charge is -2.07. The molecular formula is C13H9FN2O4S. The van der Waals surface area contributed by atoms with E-state index in [-0.39, 0.29) is 21.7 Å². The van der Waals surface area contributed by atoms with Crippen molar-refractivity contribution in [3.8, 4) is 0 Å². The number of rotatable bonds is 3. The zero-order valence-electron chi connectivity index (χ0n) is 10.5. The van der Waals surface area contributed by atoms with E-state index in [2.05, 4.69) is 9.71 Å². The average Bonchev–Trinajstić information content (AvgIpc) is 2.77. The predicted molar refractivity (Wildman–Crippen MR) is 74.0 cm³/mol. The molecular weight excluding hydrogens is 299 g/mol. The van der Waals surface area contributed by atoms with Crippen LogP contribution in [0.15, 0.2) is 56.6 Å². The molecule has 0 saturated carbocycles. The highest BCUT2D eigenvalue weighted by molar-refractivity contribution is 7.92. The summed E-state index contributed by atoms with van der Waals surface area (Å²) in [5.41, 5.74) is 0.627. The Morgan fingerprint density at radius 2 is 1.95 bits per heavy atom. The van der Waals surface area contributed by atoms with Crippen molar-refractivity contribution in [2.24, 2.45) is 0 Å². The van der Waals surface area contributed by atoms with Gasteiger partial charge in [0.15, 0.2) is 5.58 Å². The van der Waals surface area contributed by atoms with Gasteiger partial charge < -0.3 is 4.42 Å². The van der Waals surface area contributed by atoms with E-state index >= 15 is 0 Å². The van der Waals surface area contributed by atoms with Crippen LogP contribution in [0.3, 0.4) is 0 Å². The topological polar surface area (TPSA) is 92.2 Å². The van der Waals surface area contributed by atoms with E-state index in [0.717, 1.165) is 6.07 Å². The molecule has 2 N–H and O–H groups in total. The Labute approximate surface area is 118 Å². The lowest BCUT2D eigenvalue weighted by molar-refractivity contribution is 0.555. The molecule has 0 fully saturated rings. The Kier molecular flexibility index (Phi) is 3.02. The first-order valence-electron chi connectivity index (χ1n) is 5.85. The van der Waals surface area contributed by atoms with Crippen molar-refractivity contribution in [2.75, 3.05) is 4.72 Å². The van der Waals surface area contributed by atoms with Crippen LogP contribution < -0.4 is 10.5 Å². The first-order chi connectivity index (χ1) is 9.94. The maximum atomic E-state index is 13.1. The number of hydrogen-bond acceptors (Lipinski definition) is 4. The number of oxazole rings is 1. The van der Waals surface area contributed by atoms with Gasteiger partial charge in [0.05, 0.1) is 16.1 Å². The smallest absolute Gasteiger partial charge is 0.408 e. The van der Waals surface area contributed by atoms with Gasteiger partial charge in [-0.15, -0.1) is 0 Å². The van der Waals surface area contributed by atoms with Crippen LogP contribution in [-0.2, 0) is 10.0 Å². The summed E-state index contributed by atoms with van der Waals surface area (Å²) in [4.78, 5) is 13.3. The Morgan fingerprint density at radius 1 is 1.14 bits per heavy atom. The maximum absolute atomic E-state index is 13.1. The number of benzene rings is 2. The lowest BCUT2D eigenvalue weighted by atomic mass is 10.3. The number of sulfonamides is 1. The van der Waals surface area contributed by atoms with Crippen molar-refractivity contribution < 1.29 is 17.2 Å². The first-order valence-corrected chi connectivity index (χ1v) is 7.34. The van der Waals surface area contributed by atoms with Gasteiger partial charge in [-0.05, 0) is 36.4 Å². The molecule has 3 aromatic rings. The van der Waals surface area contributed by atoms with Gasteiger partial charge in [0, 0.05) is 0 Å². The zero-order valence-corrected chi connectivity index (χ0v) is 11.3. The van der Waals surface area contributed by atoms with E-state index in [4.69, 9.17) is 4.42 Å². The van der Waals surface area contributed by atoms with Crippen LogP contribution in [0.4, 0.5) is 10.1 Å². The fourth-order valence-electron chi connectivity index (χ4n) is 1.86. The van der Waals surface area contributed by atoms with Gasteiger partial charge in [-0.1, -0.05) is 6.07 Å². The Morgan fingerprint density at radius 3 is 2.71 bits per heavy atom. The molecule has 0 unspecified atom stereocenters. The van der Waals surface area contributed by atoms with E-state index in [1.807, 2.05) is 0 Å². The third-order valence-corrected chi connectivity index (χ3v) is 4.16. The van der Waals surface area contributed by atoms with E-state index in [1.54, 1.807) is 0 Å². The van der Waals surface area contributed by atoms with Crippen LogP contribution in [-0.4, -0.2) is 13.4 Å². The van der Waals surface area contributed by atoms with Gasteiger partial charge in [-0.2, -0.15) is 0 Å². The van der Waals surface area contributed by atoms with Crippen LogP contribution in [0, 0.1) is 5.82 Å². The monoisotopic (exact) mass is 308 g/mol. The highest BCUT2D eigenvalue weighted by atomic mass is 32.2. The fourth-order valence-corrected chi connectivity index (χ4v) is 2.94. The molecule has 0 spiro atoms. The van der Waals surface area contributed by atoms with E-state index < -0.39 is 21.6 Å². The number of anilines is 1. The second kappa shape index (κ2) is 4.74. The van der Waals surface area contributed by atoms with Gasteiger partial charge in [-0.25, -0.2) is 17.6 Å². The third-order valence-electron chi connectivity index (χ3n) is 2.78. The molecule has 0 radical (unpaired) electrons. The highest BCUT2D eigenvalue weighted by Crippen LogP contribution is 2.20. The standard InChI is InChI=1S/C13H9FN2O4S/c14-8-2-1-3-9(6-8)16-21(18,19)10-4-5-12-11(7-10)15-13(17)20-12/h1-7,16H,(H,15,17). The van der Waals surface area contributed by atoms with Crippen LogP contribution in [0.5, 0.6) is 0 Å². The zero-order chi connectivity index (χ0) is 15.0. The number of H-pyrrole nitrogens is 1. The fraction of sp³-hybridized carbons (Fsp3) is 0. The van der Waals surface area contributed by atoms with Gasteiger partial charge in [0.25, 0.3) is 10.0 Å². The molecule has 8 heteroatoms. The van der Waals surface area contributed by atoms with Crippen molar-refractivity contribution in [2.45, 2.75) is 4.90 Å². The molecule has 0 aliphatic rings. The number of nitrogens with one attached hydrogen (secondary N) is 2. The molecule has 108 valence electrons. The third kappa shape index (κ3) is 2.65. The van der Waals surface area contributed by atoms with Crippen molar-refractivity contribution in [3.63, 3.8) is 0 Å². The van der Waals surface area contributed by atoms with Gasteiger partial charge in [-0.3, -0.25) is 9.71 Å². The summed E-state index contributed by atoms with van der Waals surface area (Å²) in [7, 11) is -3.89. The summed E-state index contributed by atoms with van der Waals surface area (Å²) >= 11 is 0. The Balaban J connectivity index is 2.01. The minimum Gasteiger partial charge on any atom is -0.408 e. The number of hydrogen-bond donors (Lipinski definition) is 2. The molecule has 0 atom stereocenters. The maximum Gasteiger partial charge on any atom is 0.417 e. The summed E-state index contributed by atoms with van der Waals surface area (Å²) in [6, 6.07) is 9.02. The van der Waals surface area contributed by atoms with E-state index in [0.29, 0.717) is 0 Å². The van der Waals surface area contributed by atoms with Crippen LogP contribution in [0.2, 0.25) is 0 Å². The van der Waals surface area contributed by atoms with Crippen molar-refractivity contribution in [1.29, 1.82) is 0 Å². The van der Waals surface area contributed by atoms with Crippen LogP contribution in [0.1, 0.15) is 0 Å². The summed E-state index contributed by atoms with van der Waals surface area (Å²) in [6.07, 6.45) is 0. The number of halogens is 1. The minimum absolute atomic E-state index is 0.0729. The van der Waals surface area contributed by atoms with Crippen molar-refractivity contribution >= 4 is 26.8 Å². The Bertz CT molecular complexity index is 975. The number of fused-ring (bicyclic) bond motifs is 1. The predicted octanol–water partition coefficient (Wildman–Crippen LogP) is 2.06.